The third kappa shape index (κ3) is 3.00. The minimum atomic E-state index is -0.744. The number of benzene rings is 1. The van der Waals surface area contributed by atoms with Gasteiger partial charge in [0.2, 0.25) is 5.91 Å². The highest BCUT2D eigenvalue weighted by Gasteiger charge is 2.31. The van der Waals surface area contributed by atoms with Crippen molar-refractivity contribution in [2.45, 2.75) is 13.0 Å². The quantitative estimate of drug-likeness (QED) is 0.591. The summed E-state index contributed by atoms with van der Waals surface area (Å²) in [4.78, 5) is 35.6. The summed E-state index contributed by atoms with van der Waals surface area (Å²) in [5, 5.41) is 13.9. The maximum atomic E-state index is 12.5. The molecule has 1 aliphatic heterocycles. The van der Waals surface area contributed by atoms with Crippen molar-refractivity contribution in [1.82, 2.24) is 10.2 Å². The number of nitrogens with two attached hydrogens (primary N) is 1. The van der Waals surface area contributed by atoms with Gasteiger partial charge >= 0.3 is 0 Å². The molecule has 1 fully saturated rings. The van der Waals surface area contributed by atoms with Gasteiger partial charge in [-0.05, 0) is 13.0 Å². The summed E-state index contributed by atoms with van der Waals surface area (Å²) in [7, 11) is 0. The zero-order valence-electron chi connectivity index (χ0n) is 11.5. The van der Waals surface area contributed by atoms with Gasteiger partial charge in [0.15, 0.2) is 0 Å². The largest absolute Gasteiger partial charge is 0.368 e. The molecule has 0 radical (unpaired) electrons. The summed E-state index contributed by atoms with van der Waals surface area (Å²) in [5.41, 5.74) is 5.83. The fraction of sp³-hybridized carbons (Fsp3) is 0.385. The zero-order chi connectivity index (χ0) is 15.6. The summed E-state index contributed by atoms with van der Waals surface area (Å²) in [6, 6.07) is 3.53. The normalized spacial score (nSPS) is 18.3. The van der Waals surface area contributed by atoms with Crippen LogP contribution in [0.15, 0.2) is 18.2 Å². The monoisotopic (exact) mass is 292 g/mol. The van der Waals surface area contributed by atoms with Gasteiger partial charge in [-0.1, -0.05) is 6.07 Å². The van der Waals surface area contributed by atoms with Crippen LogP contribution in [0.5, 0.6) is 0 Å². The molecule has 1 saturated heterocycles. The first-order valence-corrected chi connectivity index (χ1v) is 6.48. The van der Waals surface area contributed by atoms with Gasteiger partial charge in [-0.25, -0.2) is 0 Å². The van der Waals surface area contributed by atoms with Gasteiger partial charge in [-0.15, -0.1) is 0 Å². The molecule has 8 heteroatoms. The summed E-state index contributed by atoms with van der Waals surface area (Å²) in [6.07, 6.45) is 0. The second kappa shape index (κ2) is 5.88. The van der Waals surface area contributed by atoms with Crippen molar-refractivity contribution in [3.8, 4) is 0 Å². The van der Waals surface area contributed by atoms with Crippen LogP contribution in [0.25, 0.3) is 0 Å². The molecule has 0 bridgehead atoms. The minimum Gasteiger partial charge on any atom is -0.368 e. The van der Waals surface area contributed by atoms with Gasteiger partial charge in [0.1, 0.15) is 6.04 Å². The minimum absolute atomic E-state index is 0.119. The lowest BCUT2D eigenvalue weighted by molar-refractivity contribution is -0.385. The Morgan fingerprint density at radius 1 is 1.48 bits per heavy atom. The molecule has 1 unspecified atom stereocenters. The van der Waals surface area contributed by atoms with Gasteiger partial charge in [-0.2, -0.15) is 0 Å². The van der Waals surface area contributed by atoms with Gasteiger partial charge < -0.3 is 16.0 Å². The van der Waals surface area contributed by atoms with Crippen LogP contribution >= 0.6 is 0 Å². The second-order valence-electron chi connectivity index (χ2n) is 4.88. The number of hydrogen-bond donors (Lipinski definition) is 2. The van der Waals surface area contributed by atoms with Gasteiger partial charge in [0.25, 0.3) is 11.6 Å². The molecule has 1 aromatic carbocycles. The van der Waals surface area contributed by atoms with E-state index in [1.54, 1.807) is 6.92 Å². The molecule has 1 atom stereocenters. The fourth-order valence-corrected chi connectivity index (χ4v) is 2.31. The van der Waals surface area contributed by atoms with Gasteiger partial charge in [0.05, 0.1) is 4.92 Å². The predicted molar refractivity (Wildman–Crippen MR) is 74.7 cm³/mol. The van der Waals surface area contributed by atoms with Crippen molar-refractivity contribution in [3.05, 3.63) is 39.4 Å². The average Bonchev–Trinajstić information content (AvgIpc) is 2.46. The molecule has 0 aromatic heterocycles. The van der Waals surface area contributed by atoms with Crippen LogP contribution < -0.4 is 11.1 Å². The van der Waals surface area contributed by atoms with Gasteiger partial charge in [-0.3, -0.25) is 19.7 Å². The second-order valence-corrected chi connectivity index (χ2v) is 4.88. The highest BCUT2D eigenvalue weighted by Crippen LogP contribution is 2.21. The van der Waals surface area contributed by atoms with E-state index >= 15 is 0 Å². The van der Waals surface area contributed by atoms with Crippen molar-refractivity contribution < 1.29 is 14.5 Å². The summed E-state index contributed by atoms with van der Waals surface area (Å²) in [5.74, 6) is -1.03. The van der Waals surface area contributed by atoms with Crippen molar-refractivity contribution >= 4 is 17.5 Å². The molecule has 1 heterocycles. The van der Waals surface area contributed by atoms with Crippen LogP contribution in [0.1, 0.15) is 15.9 Å². The number of amides is 2. The van der Waals surface area contributed by atoms with E-state index in [-0.39, 0.29) is 17.8 Å². The SMILES string of the molecule is Cc1ccc(C(=O)N2CCNCC2C(N)=O)cc1[N+](=O)[O-]. The fourth-order valence-electron chi connectivity index (χ4n) is 2.31. The molecule has 2 rings (SSSR count). The summed E-state index contributed by atoms with van der Waals surface area (Å²) < 4.78 is 0. The van der Waals surface area contributed by atoms with Crippen LogP contribution in [-0.2, 0) is 4.79 Å². The van der Waals surface area contributed by atoms with E-state index < -0.39 is 22.8 Å². The van der Waals surface area contributed by atoms with E-state index in [0.717, 1.165) is 0 Å². The molecule has 3 N–H and O–H groups in total. The summed E-state index contributed by atoms with van der Waals surface area (Å²) in [6.45, 7) is 2.76. The van der Waals surface area contributed by atoms with Crippen LogP contribution in [0, 0.1) is 17.0 Å². The van der Waals surface area contributed by atoms with Crippen LogP contribution in [0.2, 0.25) is 0 Å². The third-order valence-electron chi connectivity index (χ3n) is 3.49. The predicted octanol–water partition coefficient (Wildman–Crippen LogP) is -0.197. The number of nitro benzene ring substituents is 1. The molecule has 8 nitrogen and oxygen atoms in total. The molecular formula is C13H16N4O4. The highest BCUT2D eigenvalue weighted by molar-refractivity contribution is 5.98. The smallest absolute Gasteiger partial charge is 0.273 e. The van der Waals surface area contributed by atoms with Crippen LogP contribution in [-0.4, -0.2) is 47.3 Å². The Bertz CT molecular complexity index is 602. The number of nitrogens with zero attached hydrogens (tertiary/aromatic N) is 2. The topological polar surface area (TPSA) is 119 Å². The molecular weight excluding hydrogens is 276 g/mol. The number of hydrogen-bond acceptors (Lipinski definition) is 5. The van der Waals surface area contributed by atoms with E-state index in [4.69, 9.17) is 5.73 Å². The molecule has 0 aliphatic carbocycles. The Kier molecular flexibility index (Phi) is 4.18. The number of primary amides is 1. The lowest BCUT2D eigenvalue weighted by atomic mass is 10.1. The molecule has 112 valence electrons. The molecule has 1 aromatic rings. The Morgan fingerprint density at radius 3 is 2.81 bits per heavy atom. The van der Waals surface area contributed by atoms with Gasteiger partial charge in [0, 0.05) is 36.8 Å². The number of aryl methyl sites for hydroxylation is 1. The first-order chi connectivity index (χ1) is 9.91. The Morgan fingerprint density at radius 2 is 2.19 bits per heavy atom. The number of carbonyl (C=O) groups is 2. The first kappa shape index (κ1) is 14.9. The zero-order valence-corrected chi connectivity index (χ0v) is 11.5. The Labute approximate surface area is 121 Å². The van der Waals surface area contributed by atoms with E-state index in [9.17, 15) is 19.7 Å². The first-order valence-electron chi connectivity index (χ1n) is 6.48. The number of piperazine rings is 1. The molecule has 21 heavy (non-hydrogen) atoms. The van der Waals surface area contributed by atoms with E-state index in [1.165, 1.54) is 23.1 Å². The number of nitrogens with one attached hydrogen (secondary N) is 1. The van der Waals surface area contributed by atoms with Crippen LogP contribution in [0.3, 0.4) is 0 Å². The standard InChI is InChI=1S/C13H16N4O4/c1-8-2-3-9(6-10(8)17(20)21)13(19)16-5-4-15-7-11(16)12(14)18/h2-3,6,11,15H,4-5,7H2,1H3,(H2,14,18). The maximum absolute atomic E-state index is 12.5. The average molecular weight is 292 g/mol. The van der Waals surface area contributed by atoms with E-state index in [2.05, 4.69) is 5.32 Å². The lowest BCUT2D eigenvalue weighted by Gasteiger charge is -2.34. The highest BCUT2D eigenvalue weighted by atomic mass is 16.6. The third-order valence-corrected chi connectivity index (χ3v) is 3.49. The Hall–Kier alpha value is -2.48. The molecule has 0 spiro atoms. The maximum Gasteiger partial charge on any atom is 0.273 e. The van der Waals surface area contributed by atoms with Crippen molar-refractivity contribution in [3.63, 3.8) is 0 Å². The Balaban J connectivity index is 2.32. The van der Waals surface area contributed by atoms with Crippen molar-refractivity contribution in [1.29, 1.82) is 0 Å². The molecule has 2 amide bonds. The number of rotatable bonds is 3. The number of carbonyl (C=O) groups excluding carboxylic acids is 2. The van der Waals surface area contributed by atoms with E-state index in [0.29, 0.717) is 18.7 Å². The van der Waals surface area contributed by atoms with E-state index in [1.807, 2.05) is 0 Å². The number of nitro groups is 1. The molecule has 1 aliphatic rings. The lowest BCUT2D eigenvalue weighted by Crippen LogP contribution is -2.58. The summed E-state index contributed by atoms with van der Waals surface area (Å²) >= 11 is 0. The van der Waals surface area contributed by atoms with Crippen LogP contribution in [0.4, 0.5) is 5.69 Å². The molecule has 0 saturated carbocycles. The van der Waals surface area contributed by atoms with Crippen molar-refractivity contribution in [2.75, 3.05) is 19.6 Å². The van der Waals surface area contributed by atoms with Crippen molar-refractivity contribution in [2.24, 2.45) is 5.73 Å².